The first-order valence-electron chi connectivity index (χ1n) is 8.02. The lowest BCUT2D eigenvalue weighted by molar-refractivity contribution is -0.384. The van der Waals surface area contributed by atoms with Crippen molar-refractivity contribution in [1.82, 2.24) is 5.32 Å². The Kier molecular flexibility index (Phi) is 7.06. The number of alkyl carbamates (subject to hydrolysis) is 1. The van der Waals surface area contributed by atoms with Gasteiger partial charge >= 0.3 is 13.7 Å². The summed E-state index contributed by atoms with van der Waals surface area (Å²) in [6, 6.07) is 13.9. The van der Waals surface area contributed by atoms with Crippen LogP contribution in [0.25, 0.3) is 0 Å². The highest BCUT2D eigenvalue weighted by molar-refractivity contribution is 7.53. The first-order valence-corrected chi connectivity index (χ1v) is 9.66. The number of non-ortho nitro benzene ring substituents is 1. The number of ether oxygens (including phenoxy) is 1. The molecule has 0 fully saturated rings. The summed E-state index contributed by atoms with van der Waals surface area (Å²) in [6.45, 7) is 1.39. The van der Waals surface area contributed by atoms with Crippen LogP contribution in [0.2, 0.25) is 0 Å². The zero-order valence-corrected chi connectivity index (χ0v) is 15.4. The number of nitrogens with zero attached hydrogens (tertiary/aromatic N) is 1. The number of nitro benzene ring substituents is 1. The molecule has 0 saturated heterocycles. The third kappa shape index (κ3) is 5.89. The summed E-state index contributed by atoms with van der Waals surface area (Å²) in [5, 5.41) is 13.2. The van der Waals surface area contributed by atoms with Gasteiger partial charge in [0.05, 0.1) is 11.5 Å². The zero-order valence-electron chi connectivity index (χ0n) is 14.5. The van der Waals surface area contributed by atoms with Crippen LogP contribution in [0.3, 0.4) is 0 Å². The minimum Gasteiger partial charge on any atom is -0.445 e. The minimum atomic E-state index is -4.36. The molecule has 27 heavy (non-hydrogen) atoms. The normalized spacial score (nSPS) is 14.0. The molecule has 2 aromatic rings. The maximum Gasteiger partial charge on any atom is 0.408 e. The smallest absolute Gasteiger partial charge is 0.408 e. The van der Waals surface area contributed by atoms with Gasteiger partial charge in [-0.3, -0.25) is 14.7 Å². The fraction of sp³-hybridized carbons (Fsp3) is 0.235. The van der Waals surface area contributed by atoms with Gasteiger partial charge in [-0.2, -0.15) is 0 Å². The van der Waals surface area contributed by atoms with E-state index in [1.165, 1.54) is 25.1 Å². The van der Waals surface area contributed by atoms with Gasteiger partial charge < -0.3 is 19.5 Å². The zero-order chi connectivity index (χ0) is 19.9. The van der Waals surface area contributed by atoms with Gasteiger partial charge in [0, 0.05) is 12.1 Å². The third-order valence-corrected chi connectivity index (χ3v) is 5.21. The molecule has 0 aliphatic heterocycles. The molecule has 0 aromatic heterocycles. The average molecular weight is 394 g/mol. The average Bonchev–Trinajstić information content (AvgIpc) is 2.65. The van der Waals surface area contributed by atoms with E-state index < -0.39 is 24.4 Å². The SMILES string of the molecule is CCOP(=O)(O)C(NC(=O)OCc1ccccc1)c1cccc([N+](=O)[O-])c1. The molecule has 2 rings (SSSR count). The number of amides is 1. The topological polar surface area (TPSA) is 128 Å². The van der Waals surface area contributed by atoms with Gasteiger partial charge in [0.15, 0.2) is 5.78 Å². The van der Waals surface area contributed by atoms with Crippen molar-refractivity contribution >= 4 is 19.4 Å². The lowest BCUT2D eigenvalue weighted by atomic mass is 10.2. The van der Waals surface area contributed by atoms with Crippen molar-refractivity contribution in [3.8, 4) is 0 Å². The van der Waals surface area contributed by atoms with Gasteiger partial charge in [0.25, 0.3) is 5.69 Å². The number of carbonyl (C=O) groups is 1. The maximum atomic E-state index is 12.5. The van der Waals surface area contributed by atoms with Crippen LogP contribution in [0.5, 0.6) is 0 Å². The van der Waals surface area contributed by atoms with Crippen molar-refractivity contribution in [2.24, 2.45) is 0 Å². The second-order valence-electron chi connectivity index (χ2n) is 5.44. The number of benzene rings is 2. The van der Waals surface area contributed by atoms with E-state index in [0.717, 1.165) is 11.6 Å². The van der Waals surface area contributed by atoms with E-state index in [0.29, 0.717) is 0 Å². The number of hydrogen-bond donors (Lipinski definition) is 2. The molecule has 0 saturated carbocycles. The summed E-state index contributed by atoms with van der Waals surface area (Å²) in [5.41, 5.74) is 0.505. The van der Waals surface area contributed by atoms with Crippen LogP contribution >= 0.6 is 7.60 Å². The molecule has 9 nitrogen and oxygen atoms in total. The Bertz CT molecular complexity index is 844. The van der Waals surface area contributed by atoms with Gasteiger partial charge in [0.1, 0.15) is 6.61 Å². The van der Waals surface area contributed by atoms with Crippen LogP contribution < -0.4 is 5.32 Å². The summed E-state index contributed by atoms with van der Waals surface area (Å²) in [6.07, 6.45) is -0.954. The summed E-state index contributed by atoms with van der Waals surface area (Å²) < 4.78 is 22.4. The number of hydrogen-bond acceptors (Lipinski definition) is 6. The molecule has 1 amide bonds. The molecule has 0 bridgehead atoms. The summed E-state index contributed by atoms with van der Waals surface area (Å²) in [5.74, 6) is -1.51. The van der Waals surface area contributed by atoms with Gasteiger partial charge in [-0.1, -0.05) is 42.5 Å². The Hall–Kier alpha value is -2.74. The van der Waals surface area contributed by atoms with Gasteiger partial charge in [-0.15, -0.1) is 0 Å². The van der Waals surface area contributed by atoms with Crippen molar-refractivity contribution in [3.63, 3.8) is 0 Å². The van der Waals surface area contributed by atoms with E-state index in [1.807, 2.05) is 6.07 Å². The summed E-state index contributed by atoms with van der Waals surface area (Å²) in [7, 11) is -4.36. The molecule has 2 aromatic carbocycles. The van der Waals surface area contributed by atoms with Crippen LogP contribution in [0.1, 0.15) is 23.8 Å². The molecule has 2 atom stereocenters. The fourth-order valence-electron chi connectivity index (χ4n) is 2.30. The highest BCUT2D eigenvalue weighted by Gasteiger charge is 2.36. The maximum absolute atomic E-state index is 12.5. The van der Waals surface area contributed by atoms with E-state index in [1.54, 1.807) is 24.3 Å². The molecule has 2 N–H and O–H groups in total. The van der Waals surface area contributed by atoms with E-state index in [-0.39, 0.29) is 24.5 Å². The Morgan fingerprint density at radius 3 is 2.59 bits per heavy atom. The Morgan fingerprint density at radius 2 is 1.96 bits per heavy atom. The largest absolute Gasteiger partial charge is 0.445 e. The van der Waals surface area contributed by atoms with E-state index in [4.69, 9.17) is 9.26 Å². The molecule has 144 valence electrons. The molecular weight excluding hydrogens is 375 g/mol. The van der Waals surface area contributed by atoms with Crippen LogP contribution in [0.4, 0.5) is 10.5 Å². The van der Waals surface area contributed by atoms with E-state index >= 15 is 0 Å². The van der Waals surface area contributed by atoms with Crippen molar-refractivity contribution in [2.45, 2.75) is 19.3 Å². The Morgan fingerprint density at radius 1 is 1.26 bits per heavy atom. The lowest BCUT2D eigenvalue weighted by Gasteiger charge is -2.23. The molecule has 2 unspecified atom stereocenters. The predicted molar refractivity (Wildman–Crippen MR) is 97.1 cm³/mol. The monoisotopic (exact) mass is 394 g/mol. The Balaban J connectivity index is 2.20. The summed E-state index contributed by atoms with van der Waals surface area (Å²) >= 11 is 0. The second-order valence-corrected chi connectivity index (χ2v) is 7.35. The van der Waals surface area contributed by atoms with Crippen molar-refractivity contribution in [3.05, 3.63) is 75.8 Å². The van der Waals surface area contributed by atoms with Crippen LogP contribution in [-0.2, 0) is 20.4 Å². The first kappa shape index (κ1) is 20.6. The molecule has 0 radical (unpaired) electrons. The molecule has 0 heterocycles. The highest BCUT2D eigenvalue weighted by atomic mass is 31.2. The summed E-state index contributed by atoms with van der Waals surface area (Å²) in [4.78, 5) is 32.6. The number of rotatable bonds is 8. The van der Waals surface area contributed by atoms with Crippen LogP contribution in [-0.4, -0.2) is 22.5 Å². The Labute approximate surface area is 155 Å². The van der Waals surface area contributed by atoms with Crippen LogP contribution in [0.15, 0.2) is 54.6 Å². The molecule has 0 aliphatic rings. The predicted octanol–water partition coefficient (Wildman–Crippen LogP) is 3.74. The minimum absolute atomic E-state index is 0.0430. The quantitative estimate of drug-likeness (QED) is 0.396. The van der Waals surface area contributed by atoms with Crippen molar-refractivity contribution in [1.29, 1.82) is 0 Å². The van der Waals surface area contributed by atoms with Gasteiger partial charge in [-0.05, 0) is 18.1 Å². The molecule has 0 aliphatic carbocycles. The number of carbonyl (C=O) groups excluding carboxylic acids is 1. The molecular formula is C17H19N2O7P. The number of nitro groups is 1. The van der Waals surface area contributed by atoms with Gasteiger partial charge in [-0.25, -0.2) is 4.79 Å². The van der Waals surface area contributed by atoms with E-state index in [9.17, 15) is 24.4 Å². The fourth-order valence-corrected chi connectivity index (χ4v) is 3.62. The van der Waals surface area contributed by atoms with Crippen LogP contribution in [0, 0.1) is 10.1 Å². The number of nitrogens with one attached hydrogen (secondary N) is 1. The highest BCUT2D eigenvalue weighted by Crippen LogP contribution is 2.55. The second kappa shape index (κ2) is 9.27. The molecule has 10 heteroatoms. The molecule has 0 spiro atoms. The third-order valence-electron chi connectivity index (χ3n) is 3.50. The van der Waals surface area contributed by atoms with Crippen molar-refractivity contribution in [2.75, 3.05) is 6.61 Å². The van der Waals surface area contributed by atoms with Gasteiger partial charge in [0.2, 0.25) is 0 Å². The first-order chi connectivity index (χ1) is 12.8. The lowest BCUT2D eigenvalue weighted by Crippen LogP contribution is -2.29. The van der Waals surface area contributed by atoms with Crippen molar-refractivity contribution < 1.29 is 28.4 Å². The standard InChI is InChI=1S/C17H19N2O7P/c1-2-26-27(23,24)16(14-9-6-10-15(11-14)19(21)22)18-17(20)25-12-13-7-4-3-5-8-13/h3-11,16H,2,12H2,1H3,(H,18,20)(H,23,24). The van der Waals surface area contributed by atoms with E-state index in [2.05, 4.69) is 5.32 Å².